The predicted molar refractivity (Wildman–Crippen MR) is 83.4 cm³/mol. The second-order valence-corrected chi connectivity index (χ2v) is 5.44. The molecule has 0 aliphatic carbocycles. The first-order valence-corrected chi connectivity index (χ1v) is 7.25. The van der Waals surface area contributed by atoms with Gasteiger partial charge in [-0.3, -0.25) is 0 Å². The predicted octanol–water partition coefficient (Wildman–Crippen LogP) is 4.21. The molecule has 1 aromatic heterocycles. The van der Waals surface area contributed by atoms with E-state index < -0.39 is 0 Å². The fourth-order valence-electron chi connectivity index (χ4n) is 2.01. The molecule has 0 amide bonds. The quantitative estimate of drug-likeness (QED) is 0.917. The summed E-state index contributed by atoms with van der Waals surface area (Å²) < 4.78 is 1.08. The van der Waals surface area contributed by atoms with Crippen LogP contribution < -0.4 is 5.32 Å². The average molecular weight is 320 g/mol. The second-order valence-electron chi connectivity index (χ2n) is 4.53. The number of nitrogens with zero attached hydrogens (tertiary/aromatic N) is 2. The molecule has 0 saturated heterocycles. The maximum atomic E-state index is 4.67. The molecule has 0 bridgehead atoms. The Bertz CT molecular complexity index is 582. The fourth-order valence-corrected chi connectivity index (χ4v) is 2.48. The van der Waals surface area contributed by atoms with Crippen LogP contribution in [0.15, 0.2) is 28.7 Å². The Morgan fingerprint density at radius 1 is 1.21 bits per heavy atom. The summed E-state index contributed by atoms with van der Waals surface area (Å²) in [5.74, 6) is 1.66. The summed E-state index contributed by atoms with van der Waals surface area (Å²) in [6.07, 6.45) is 2.05. The minimum Gasteiger partial charge on any atom is -0.373 e. The van der Waals surface area contributed by atoms with Crippen molar-refractivity contribution in [3.8, 4) is 11.4 Å². The SMILES string of the molecule is CCCc1cc(NC)nc(-c2ccc(Br)cc2C)n1. The van der Waals surface area contributed by atoms with Gasteiger partial charge in [-0.25, -0.2) is 9.97 Å². The summed E-state index contributed by atoms with van der Waals surface area (Å²) in [4.78, 5) is 9.22. The largest absolute Gasteiger partial charge is 0.373 e. The van der Waals surface area contributed by atoms with E-state index in [9.17, 15) is 0 Å². The maximum absolute atomic E-state index is 4.67. The molecule has 0 fully saturated rings. The molecule has 1 aromatic carbocycles. The number of hydrogen-bond acceptors (Lipinski definition) is 3. The van der Waals surface area contributed by atoms with Crippen molar-refractivity contribution in [2.45, 2.75) is 26.7 Å². The van der Waals surface area contributed by atoms with E-state index in [1.807, 2.05) is 19.2 Å². The number of benzene rings is 1. The number of aromatic nitrogens is 2. The average Bonchev–Trinajstić information content (AvgIpc) is 2.38. The monoisotopic (exact) mass is 319 g/mol. The van der Waals surface area contributed by atoms with Gasteiger partial charge in [0.05, 0.1) is 0 Å². The standard InChI is InChI=1S/C15H18BrN3/c1-4-5-12-9-14(17-3)19-15(18-12)13-7-6-11(16)8-10(13)2/h6-9H,4-5H2,1-3H3,(H,17,18,19). The van der Waals surface area contributed by atoms with Crippen molar-refractivity contribution in [3.05, 3.63) is 40.0 Å². The van der Waals surface area contributed by atoms with Gasteiger partial charge in [0.25, 0.3) is 0 Å². The van der Waals surface area contributed by atoms with Crippen molar-refractivity contribution >= 4 is 21.7 Å². The summed E-state index contributed by atoms with van der Waals surface area (Å²) in [5.41, 5.74) is 3.34. The van der Waals surface area contributed by atoms with Gasteiger partial charge in [0, 0.05) is 28.8 Å². The zero-order valence-electron chi connectivity index (χ0n) is 11.5. The zero-order chi connectivity index (χ0) is 13.8. The Hall–Kier alpha value is -1.42. The molecule has 0 aliphatic rings. The molecule has 0 radical (unpaired) electrons. The van der Waals surface area contributed by atoms with Gasteiger partial charge in [-0.05, 0) is 37.1 Å². The Kier molecular flexibility index (Phi) is 4.53. The van der Waals surface area contributed by atoms with E-state index in [4.69, 9.17) is 0 Å². The number of halogens is 1. The fraction of sp³-hybridized carbons (Fsp3) is 0.333. The molecule has 1 heterocycles. The van der Waals surface area contributed by atoms with Crippen LogP contribution in [-0.2, 0) is 6.42 Å². The molecular weight excluding hydrogens is 302 g/mol. The van der Waals surface area contributed by atoms with Crippen molar-refractivity contribution in [2.75, 3.05) is 12.4 Å². The van der Waals surface area contributed by atoms with E-state index in [1.54, 1.807) is 0 Å². The molecular formula is C15H18BrN3. The van der Waals surface area contributed by atoms with Gasteiger partial charge in [-0.15, -0.1) is 0 Å². The summed E-state index contributed by atoms with van der Waals surface area (Å²) in [6, 6.07) is 8.19. The molecule has 19 heavy (non-hydrogen) atoms. The molecule has 4 heteroatoms. The maximum Gasteiger partial charge on any atom is 0.162 e. The summed E-state index contributed by atoms with van der Waals surface area (Å²) >= 11 is 3.48. The van der Waals surface area contributed by atoms with Crippen molar-refractivity contribution in [2.24, 2.45) is 0 Å². The third kappa shape index (κ3) is 3.32. The Balaban J connectivity index is 2.51. The second kappa shape index (κ2) is 6.15. The van der Waals surface area contributed by atoms with E-state index in [2.05, 4.69) is 57.2 Å². The third-order valence-electron chi connectivity index (χ3n) is 2.97. The van der Waals surface area contributed by atoms with Crippen molar-refractivity contribution in [1.29, 1.82) is 0 Å². The molecule has 0 atom stereocenters. The highest BCUT2D eigenvalue weighted by Crippen LogP contribution is 2.25. The van der Waals surface area contributed by atoms with Crippen LogP contribution in [0.3, 0.4) is 0 Å². The first kappa shape index (κ1) is 14.0. The first-order valence-electron chi connectivity index (χ1n) is 6.46. The van der Waals surface area contributed by atoms with Gasteiger partial charge in [-0.1, -0.05) is 29.3 Å². The van der Waals surface area contributed by atoms with Crippen molar-refractivity contribution in [1.82, 2.24) is 9.97 Å². The van der Waals surface area contributed by atoms with Crippen molar-refractivity contribution in [3.63, 3.8) is 0 Å². The number of anilines is 1. The van der Waals surface area contributed by atoms with Gasteiger partial charge in [0.2, 0.25) is 0 Å². The molecule has 2 rings (SSSR count). The number of nitrogens with one attached hydrogen (secondary N) is 1. The van der Waals surface area contributed by atoms with Crippen LogP contribution in [0.2, 0.25) is 0 Å². The first-order chi connectivity index (χ1) is 9.13. The third-order valence-corrected chi connectivity index (χ3v) is 3.46. The normalized spacial score (nSPS) is 10.5. The van der Waals surface area contributed by atoms with E-state index >= 15 is 0 Å². The lowest BCUT2D eigenvalue weighted by Crippen LogP contribution is -2.01. The lowest BCUT2D eigenvalue weighted by atomic mass is 10.1. The van der Waals surface area contributed by atoms with E-state index in [0.717, 1.165) is 40.2 Å². The lowest BCUT2D eigenvalue weighted by Gasteiger charge is -2.09. The topological polar surface area (TPSA) is 37.8 Å². The van der Waals surface area contributed by atoms with E-state index in [1.165, 1.54) is 5.56 Å². The van der Waals surface area contributed by atoms with Crippen LogP contribution in [0, 0.1) is 6.92 Å². The number of hydrogen-bond donors (Lipinski definition) is 1. The number of rotatable bonds is 4. The Morgan fingerprint density at radius 3 is 2.63 bits per heavy atom. The minimum absolute atomic E-state index is 0.792. The highest BCUT2D eigenvalue weighted by molar-refractivity contribution is 9.10. The molecule has 0 spiro atoms. The van der Waals surface area contributed by atoms with Crippen LogP contribution in [0.4, 0.5) is 5.82 Å². The summed E-state index contributed by atoms with van der Waals surface area (Å²) in [7, 11) is 1.89. The Labute approximate surface area is 122 Å². The van der Waals surface area contributed by atoms with Gasteiger partial charge in [0.1, 0.15) is 5.82 Å². The van der Waals surface area contributed by atoms with Gasteiger partial charge in [-0.2, -0.15) is 0 Å². The highest BCUT2D eigenvalue weighted by atomic mass is 79.9. The molecule has 2 aromatic rings. The molecule has 1 N–H and O–H groups in total. The molecule has 100 valence electrons. The smallest absolute Gasteiger partial charge is 0.162 e. The van der Waals surface area contributed by atoms with Crippen LogP contribution in [0.1, 0.15) is 24.6 Å². The van der Waals surface area contributed by atoms with E-state index in [0.29, 0.717) is 0 Å². The zero-order valence-corrected chi connectivity index (χ0v) is 13.1. The number of aryl methyl sites for hydroxylation is 2. The van der Waals surface area contributed by atoms with Crippen LogP contribution >= 0.6 is 15.9 Å². The van der Waals surface area contributed by atoms with Crippen LogP contribution in [-0.4, -0.2) is 17.0 Å². The van der Waals surface area contributed by atoms with Gasteiger partial charge < -0.3 is 5.32 Å². The Morgan fingerprint density at radius 2 is 2.00 bits per heavy atom. The van der Waals surface area contributed by atoms with Gasteiger partial charge >= 0.3 is 0 Å². The molecule has 3 nitrogen and oxygen atoms in total. The van der Waals surface area contributed by atoms with Crippen LogP contribution in [0.25, 0.3) is 11.4 Å². The summed E-state index contributed by atoms with van der Waals surface area (Å²) in [6.45, 7) is 4.24. The summed E-state index contributed by atoms with van der Waals surface area (Å²) in [5, 5.41) is 3.11. The molecule has 0 unspecified atom stereocenters. The van der Waals surface area contributed by atoms with E-state index in [-0.39, 0.29) is 0 Å². The minimum atomic E-state index is 0.792. The van der Waals surface area contributed by atoms with Crippen LogP contribution in [0.5, 0.6) is 0 Å². The highest BCUT2D eigenvalue weighted by Gasteiger charge is 2.08. The van der Waals surface area contributed by atoms with Crippen molar-refractivity contribution < 1.29 is 0 Å². The van der Waals surface area contributed by atoms with Gasteiger partial charge in [0.15, 0.2) is 5.82 Å². The lowest BCUT2D eigenvalue weighted by molar-refractivity contribution is 0.876. The molecule has 0 saturated carbocycles. The molecule has 0 aliphatic heterocycles.